The van der Waals surface area contributed by atoms with Gasteiger partial charge in [-0.15, -0.1) is 42.8 Å². The summed E-state index contributed by atoms with van der Waals surface area (Å²) in [5.74, 6) is 0. The molecular weight excluding hydrogens is 416 g/mol. The average Bonchev–Trinajstić information content (AvgIpc) is 3.16. The number of hydrogen-bond acceptors (Lipinski definition) is 0. The third kappa shape index (κ3) is 14.8. The van der Waals surface area contributed by atoms with Crippen LogP contribution in [0.1, 0.15) is 30.0 Å². The molecule has 1 aliphatic carbocycles. The van der Waals surface area contributed by atoms with Crippen molar-refractivity contribution >= 4 is 0 Å². The van der Waals surface area contributed by atoms with Crippen molar-refractivity contribution in [1.82, 2.24) is 0 Å². The van der Waals surface area contributed by atoms with Gasteiger partial charge in [-0.25, -0.2) is 11.6 Å². The van der Waals surface area contributed by atoms with Gasteiger partial charge in [0.1, 0.15) is 0 Å². The molecule has 4 rings (SSSR count). The molecule has 1 aliphatic rings. The maximum Gasteiger partial charge on any atom is 4.00 e. The molecule has 0 saturated carbocycles. The molecule has 0 saturated heterocycles. The normalized spacial score (nSPS) is 10.4. The van der Waals surface area contributed by atoms with E-state index in [1.165, 1.54) is 5.57 Å². The van der Waals surface area contributed by atoms with Gasteiger partial charge in [-0.2, -0.15) is 79.9 Å². The van der Waals surface area contributed by atoms with Crippen molar-refractivity contribution in [1.29, 1.82) is 0 Å². The quantitative estimate of drug-likeness (QED) is 0.320. The van der Waals surface area contributed by atoms with E-state index in [4.69, 9.17) is 0 Å². The monoisotopic (exact) mass is 442 g/mol. The summed E-state index contributed by atoms with van der Waals surface area (Å²) >= 11 is 0. The maximum atomic E-state index is 3.72. The minimum Gasteiger partial charge on any atom is -0.270 e. The van der Waals surface area contributed by atoms with Crippen LogP contribution in [0.4, 0.5) is 0 Å². The molecule has 140 valence electrons. The molecule has 3 aromatic carbocycles. The van der Waals surface area contributed by atoms with E-state index in [2.05, 4.69) is 45.9 Å². The van der Waals surface area contributed by atoms with Gasteiger partial charge in [-0.05, 0) is 0 Å². The Labute approximate surface area is 191 Å². The summed E-state index contributed by atoms with van der Waals surface area (Å²) in [6.45, 7) is 13.2. The van der Waals surface area contributed by atoms with Crippen LogP contribution in [0.3, 0.4) is 0 Å². The third-order valence-electron chi connectivity index (χ3n) is 3.40. The summed E-state index contributed by atoms with van der Waals surface area (Å²) in [4.78, 5) is 0. The third-order valence-corrected chi connectivity index (χ3v) is 3.40. The largest absolute Gasteiger partial charge is 4.00 e. The Hall–Kier alpha value is -2.37. The summed E-state index contributed by atoms with van der Waals surface area (Å²) in [7, 11) is 0. The standard InChI is InChI=1S/3C7H7.C6H7.Zr/c3*1-7-5-3-2-4-6-7;1-6-4-2-3-5-6;/h3*2-6H,1H2;2,4H,3H2,1H3;/q4*-1;+4. The van der Waals surface area contributed by atoms with Gasteiger partial charge in [0.15, 0.2) is 0 Å². The van der Waals surface area contributed by atoms with Crippen LogP contribution in [0, 0.1) is 26.8 Å². The van der Waals surface area contributed by atoms with Crippen molar-refractivity contribution in [3.05, 3.63) is 152 Å². The molecule has 0 aliphatic heterocycles. The first kappa shape index (κ1) is 25.6. The Morgan fingerprint density at radius 2 is 0.929 bits per heavy atom. The van der Waals surface area contributed by atoms with Crippen molar-refractivity contribution in [3.63, 3.8) is 0 Å². The van der Waals surface area contributed by atoms with Gasteiger partial charge in [0.05, 0.1) is 0 Å². The molecule has 0 heterocycles. The fourth-order valence-electron chi connectivity index (χ4n) is 1.95. The van der Waals surface area contributed by atoms with Crippen LogP contribution < -0.4 is 0 Å². The van der Waals surface area contributed by atoms with Crippen LogP contribution in [-0.4, -0.2) is 0 Å². The molecule has 0 bridgehead atoms. The van der Waals surface area contributed by atoms with Gasteiger partial charge in [0, 0.05) is 0 Å². The Morgan fingerprint density at radius 1 is 0.607 bits per heavy atom. The fourth-order valence-corrected chi connectivity index (χ4v) is 1.95. The molecule has 0 spiro atoms. The van der Waals surface area contributed by atoms with Crippen LogP contribution in [0.2, 0.25) is 0 Å². The fraction of sp³-hybridized carbons (Fsp3) is 0.0741. The van der Waals surface area contributed by atoms with Gasteiger partial charge in [0.25, 0.3) is 0 Å². The average molecular weight is 444 g/mol. The number of hydrogen-bond donors (Lipinski definition) is 0. The summed E-state index contributed by atoms with van der Waals surface area (Å²) < 4.78 is 0. The molecule has 0 aromatic heterocycles. The van der Waals surface area contributed by atoms with Crippen LogP contribution in [0.15, 0.2) is 109 Å². The Kier molecular flexibility index (Phi) is 15.4. The second kappa shape index (κ2) is 16.8. The molecule has 0 N–H and O–H groups in total. The van der Waals surface area contributed by atoms with Crippen LogP contribution in [0.5, 0.6) is 0 Å². The van der Waals surface area contributed by atoms with Gasteiger partial charge >= 0.3 is 26.2 Å². The number of rotatable bonds is 0. The molecule has 0 unspecified atom stereocenters. The van der Waals surface area contributed by atoms with Crippen LogP contribution in [0.25, 0.3) is 0 Å². The van der Waals surface area contributed by atoms with Gasteiger partial charge in [0.2, 0.25) is 0 Å². The predicted molar refractivity (Wildman–Crippen MR) is 119 cm³/mol. The second-order valence-electron chi connectivity index (χ2n) is 5.92. The zero-order valence-electron chi connectivity index (χ0n) is 16.6. The van der Waals surface area contributed by atoms with Crippen molar-refractivity contribution in [3.8, 4) is 0 Å². The molecule has 3 aromatic rings. The van der Waals surface area contributed by atoms with Crippen LogP contribution in [-0.2, 0) is 26.2 Å². The van der Waals surface area contributed by atoms with Gasteiger partial charge in [-0.1, -0.05) is 25.1 Å². The molecule has 1 heteroatoms. The molecule has 0 radical (unpaired) electrons. The molecule has 0 nitrogen and oxygen atoms in total. The van der Waals surface area contributed by atoms with E-state index in [1.807, 2.05) is 91.0 Å². The molecule has 28 heavy (non-hydrogen) atoms. The first-order chi connectivity index (χ1) is 13.1. The summed E-state index contributed by atoms with van der Waals surface area (Å²) in [5, 5.41) is 0. The van der Waals surface area contributed by atoms with E-state index in [1.54, 1.807) is 0 Å². The minimum atomic E-state index is 0. The Bertz CT molecular complexity index is 680. The molecule has 0 amide bonds. The smallest absolute Gasteiger partial charge is 0.270 e. The Balaban J connectivity index is 0.000000344. The van der Waals surface area contributed by atoms with E-state index in [0.717, 1.165) is 23.1 Å². The summed E-state index contributed by atoms with van der Waals surface area (Å²) in [6, 6.07) is 29.6. The van der Waals surface area contributed by atoms with E-state index in [0.29, 0.717) is 0 Å². The summed E-state index contributed by atoms with van der Waals surface area (Å²) in [5.41, 5.74) is 4.49. The van der Waals surface area contributed by atoms with E-state index >= 15 is 0 Å². The van der Waals surface area contributed by atoms with E-state index < -0.39 is 0 Å². The minimum absolute atomic E-state index is 0. The maximum absolute atomic E-state index is 3.72. The SMILES string of the molecule is CC1=[C-]CC=C1.[CH2-]c1ccccc1.[CH2-]c1ccccc1.[CH2-]c1ccccc1.[Zr+4]. The van der Waals surface area contributed by atoms with E-state index in [-0.39, 0.29) is 26.2 Å². The number of benzene rings is 3. The van der Waals surface area contributed by atoms with E-state index in [9.17, 15) is 0 Å². The number of allylic oxidation sites excluding steroid dienone is 4. The first-order valence-electron chi connectivity index (χ1n) is 8.93. The van der Waals surface area contributed by atoms with Gasteiger partial charge < -0.3 is 0 Å². The first-order valence-corrected chi connectivity index (χ1v) is 8.93. The van der Waals surface area contributed by atoms with Crippen molar-refractivity contribution in [2.75, 3.05) is 0 Å². The van der Waals surface area contributed by atoms with Crippen LogP contribution >= 0.6 is 0 Å². The Morgan fingerprint density at radius 3 is 1.04 bits per heavy atom. The molecule has 0 fully saturated rings. The predicted octanol–water partition coefficient (Wildman–Crippen LogP) is 7.30. The van der Waals surface area contributed by atoms with Crippen molar-refractivity contribution < 1.29 is 26.2 Å². The second-order valence-corrected chi connectivity index (χ2v) is 5.92. The summed E-state index contributed by atoms with van der Waals surface area (Å²) in [6.07, 6.45) is 8.33. The van der Waals surface area contributed by atoms with Crippen molar-refractivity contribution in [2.24, 2.45) is 0 Å². The topological polar surface area (TPSA) is 0 Å². The zero-order chi connectivity index (χ0) is 19.7. The molecular formula is C27H28Zr. The molecule has 0 atom stereocenters. The van der Waals surface area contributed by atoms with Crippen molar-refractivity contribution in [2.45, 2.75) is 13.3 Å². The van der Waals surface area contributed by atoms with Gasteiger partial charge in [-0.3, -0.25) is 6.08 Å². The zero-order valence-corrected chi connectivity index (χ0v) is 19.1.